The Balaban J connectivity index is 1.55. The molecule has 2 aromatic rings. The summed E-state index contributed by atoms with van der Waals surface area (Å²) in [7, 11) is 1.63. The number of rotatable bonds is 7. The molecular weight excluding hydrogens is 322 g/mol. The number of nitrogens with one attached hydrogen (secondary N) is 1. The second-order valence-electron chi connectivity index (χ2n) is 5.92. The molecule has 6 nitrogen and oxygen atoms in total. The van der Waals surface area contributed by atoms with Gasteiger partial charge in [-0.1, -0.05) is 12.1 Å². The first-order valence-corrected chi connectivity index (χ1v) is 7.96. The van der Waals surface area contributed by atoms with E-state index in [1.165, 1.54) is 0 Å². The van der Waals surface area contributed by atoms with Crippen LogP contribution in [0.5, 0.6) is 11.5 Å². The lowest BCUT2D eigenvalue weighted by Gasteiger charge is -2.07. The van der Waals surface area contributed by atoms with Crippen molar-refractivity contribution >= 4 is 17.6 Å². The average Bonchev–Trinajstić information content (AvgIpc) is 3.42. The molecule has 2 N–H and O–H groups in total. The van der Waals surface area contributed by atoms with E-state index in [0.29, 0.717) is 11.4 Å². The third-order valence-corrected chi connectivity index (χ3v) is 4.13. The van der Waals surface area contributed by atoms with Gasteiger partial charge in [-0.05, 0) is 54.3 Å². The molecule has 0 saturated heterocycles. The number of ether oxygens (including phenoxy) is 2. The Morgan fingerprint density at radius 3 is 2.60 bits per heavy atom. The number of carbonyl (C=O) groups excluding carboxylic acids is 1. The van der Waals surface area contributed by atoms with Crippen LogP contribution in [-0.4, -0.2) is 30.7 Å². The van der Waals surface area contributed by atoms with E-state index in [9.17, 15) is 9.59 Å². The lowest BCUT2D eigenvalue weighted by atomic mass is 10.1. The van der Waals surface area contributed by atoms with Crippen molar-refractivity contribution in [3.63, 3.8) is 0 Å². The van der Waals surface area contributed by atoms with Gasteiger partial charge < -0.3 is 19.9 Å². The molecule has 1 aliphatic rings. The number of hydrogen-bond acceptors (Lipinski definition) is 4. The van der Waals surface area contributed by atoms with Gasteiger partial charge in [0.2, 0.25) is 5.91 Å². The molecule has 25 heavy (non-hydrogen) atoms. The Kier molecular flexibility index (Phi) is 4.88. The molecule has 0 spiro atoms. The van der Waals surface area contributed by atoms with Gasteiger partial charge >= 0.3 is 5.97 Å². The normalized spacial score (nSPS) is 18.3. The molecular formula is C19H19NO5. The fourth-order valence-electron chi connectivity index (χ4n) is 2.74. The second-order valence-corrected chi connectivity index (χ2v) is 5.92. The van der Waals surface area contributed by atoms with Gasteiger partial charge in [0, 0.05) is 11.6 Å². The smallest absolute Gasteiger partial charge is 0.341 e. The van der Waals surface area contributed by atoms with Crippen molar-refractivity contribution in [2.45, 2.75) is 12.3 Å². The zero-order valence-electron chi connectivity index (χ0n) is 13.8. The van der Waals surface area contributed by atoms with Gasteiger partial charge in [0.25, 0.3) is 0 Å². The molecule has 0 heterocycles. The number of benzene rings is 2. The number of amides is 1. The number of aliphatic carboxylic acids is 1. The highest BCUT2D eigenvalue weighted by Gasteiger charge is 2.44. The highest BCUT2D eigenvalue weighted by atomic mass is 16.5. The fraction of sp³-hybridized carbons (Fsp3) is 0.263. The summed E-state index contributed by atoms with van der Waals surface area (Å²) in [4.78, 5) is 22.8. The quantitative estimate of drug-likeness (QED) is 0.809. The molecule has 1 aliphatic carbocycles. The van der Waals surface area contributed by atoms with Crippen molar-refractivity contribution in [1.29, 1.82) is 0 Å². The van der Waals surface area contributed by atoms with E-state index in [2.05, 4.69) is 5.32 Å². The predicted molar refractivity (Wildman–Crippen MR) is 92.0 cm³/mol. The van der Waals surface area contributed by atoms with Gasteiger partial charge in [0.1, 0.15) is 11.5 Å². The molecule has 2 atom stereocenters. The van der Waals surface area contributed by atoms with Crippen LogP contribution in [0.15, 0.2) is 48.5 Å². The lowest BCUT2D eigenvalue weighted by Crippen LogP contribution is -2.14. The van der Waals surface area contributed by atoms with E-state index < -0.39 is 12.6 Å². The van der Waals surface area contributed by atoms with Crippen molar-refractivity contribution in [2.24, 2.45) is 5.92 Å². The van der Waals surface area contributed by atoms with Crippen LogP contribution in [0.25, 0.3) is 0 Å². The SMILES string of the molecule is COc1cccc(C2CC2C(=O)Nc2ccc(OCC(=O)O)cc2)c1. The second kappa shape index (κ2) is 7.25. The van der Waals surface area contributed by atoms with E-state index in [1.54, 1.807) is 31.4 Å². The summed E-state index contributed by atoms with van der Waals surface area (Å²) in [5, 5.41) is 11.5. The highest BCUT2D eigenvalue weighted by molar-refractivity contribution is 5.95. The molecule has 1 amide bonds. The van der Waals surface area contributed by atoms with Crippen LogP contribution in [0.4, 0.5) is 5.69 Å². The van der Waals surface area contributed by atoms with Gasteiger partial charge in [0.15, 0.2) is 6.61 Å². The maximum atomic E-state index is 12.4. The van der Waals surface area contributed by atoms with Crippen LogP contribution in [0.1, 0.15) is 17.9 Å². The standard InChI is InChI=1S/C19H19NO5/c1-24-15-4-2-3-12(9-15)16-10-17(16)19(23)20-13-5-7-14(8-6-13)25-11-18(21)22/h2-9,16-17H,10-11H2,1H3,(H,20,23)(H,21,22). The van der Waals surface area contributed by atoms with Gasteiger partial charge in [-0.2, -0.15) is 0 Å². The Hall–Kier alpha value is -3.02. The molecule has 1 fully saturated rings. The van der Waals surface area contributed by atoms with E-state index >= 15 is 0 Å². The zero-order valence-corrected chi connectivity index (χ0v) is 13.8. The molecule has 130 valence electrons. The zero-order chi connectivity index (χ0) is 17.8. The fourth-order valence-corrected chi connectivity index (χ4v) is 2.74. The van der Waals surface area contributed by atoms with Crippen LogP contribution in [0.3, 0.4) is 0 Å². The summed E-state index contributed by atoms with van der Waals surface area (Å²) >= 11 is 0. The van der Waals surface area contributed by atoms with Gasteiger partial charge in [-0.15, -0.1) is 0 Å². The number of carboxylic acid groups (broad SMARTS) is 1. The number of anilines is 1. The molecule has 3 rings (SSSR count). The molecule has 2 unspecified atom stereocenters. The summed E-state index contributed by atoms with van der Waals surface area (Å²) in [6.45, 7) is -0.393. The molecule has 0 aromatic heterocycles. The van der Waals surface area contributed by atoms with Gasteiger partial charge in [-0.3, -0.25) is 4.79 Å². The van der Waals surface area contributed by atoms with E-state index in [4.69, 9.17) is 14.6 Å². The molecule has 6 heteroatoms. The minimum absolute atomic E-state index is 0.0213. The number of hydrogen-bond donors (Lipinski definition) is 2. The number of carboxylic acids is 1. The maximum Gasteiger partial charge on any atom is 0.341 e. The van der Waals surface area contributed by atoms with Crippen LogP contribution < -0.4 is 14.8 Å². The van der Waals surface area contributed by atoms with Crippen molar-refractivity contribution in [3.05, 3.63) is 54.1 Å². The van der Waals surface area contributed by atoms with Crippen molar-refractivity contribution in [3.8, 4) is 11.5 Å². The van der Waals surface area contributed by atoms with Crippen molar-refractivity contribution < 1.29 is 24.2 Å². The van der Waals surface area contributed by atoms with Crippen molar-refractivity contribution in [2.75, 3.05) is 19.0 Å². The first kappa shape index (κ1) is 16.8. The number of methoxy groups -OCH3 is 1. The van der Waals surface area contributed by atoms with E-state index in [-0.39, 0.29) is 17.7 Å². The van der Waals surface area contributed by atoms with Crippen LogP contribution >= 0.6 is 0 Å². The Morgan fingerprint density at radius 2 is 1.92 bits per heavy atom. The van der Waals surface area contributed by atoms with E-state index in [1.807, 2.05) is 24.3 Å². The van der Waals surface area contributed by atoms with Crippen LogP contribution in [-0.2, 0) is 9.59 Å². The van der Waals surface area contributed by atoms with Crippen LogP contribution in [0, 0.1) is 5.92 Å². The third kappa shape index (κ3) is 4.29. The largest absolute Gasteiger partial charge is 0.497 e. The third-order valence-electron chi connectivity index (χ3n) is 4.13. The highest BCUT2D eigenvalue weighted by Crippen LogP contribution is 2.48. The Morgan fingerprint density at radius 1 is 1.16 bits per heavy atom. The monoisotopic (exact) mass is 341 g/mol. The summed E-state index contributed by atoms with van der Waals surface area (Å²) in [5.41, 5.74) is 1.76. The van der Waals surface area contributed by atoms with Crippen LogP contribution in [0.2, 0.25) is 0 Å². The molecule has 1 saturated carbocycles. The van der Waals surface area contributed by atoms with Gasteiger partial charge in [0.05, 0.1) is 7.11 Å². The first-order chi connectivity index (χ1) is 12.1. The summed E-state index contributed by atoms with van der Waals surface area (Å²) in [6, 6.07) is 14.4. The average molecular weight is 341 g/mol. The van der Waals surface area contributed by atoms with E-state index in [0.717, 1.165) is 17.7 Å². The topological polar surface area (TPSA) is 84.9 Å². The molecule has 2 aromatic carbocycles. The minimum atomic E-state index is -1.03. The molecule has 0 aliphatic heterocycles. The van der Waals surface area contributed by atoms with Gasteiger partial charge in [-0.25, -0.2) is 4.79 Å². The lowest BCUT2D eigenvalue weighted by molar-refractivity contribution is -0.139. The summed E-state index contributed by atoms with van der Waals surface area (Å²) in [5.74, 6) is 0.353. The number of carbonyl (C=O) groups is 2. The Labute approximate surface area is 145 Å². The summed E-state index contributed by atoms with van der Waals surface area (Å²) < 4.78 is 10.3. The first-order valence-electron chi connectivity index (χ1n) is 7.96. The molecule has 0 radical (unpaired) electrons. The minimum Gasteiger partial charge on any atom is -0.497 e. The Bertz CT molecular complexity index is 772. The van der Waals surface area contributed by atoms with Crippen molar-refractivity contribution in [1.82, 2.24) is 0 Å². The maximum absolute atomic E-state index is 12.4. The predicted octanol–water partition coefficient (Wildman–Crippen LogP) is 2.90. The summed E-state index contributed by atoms with van der Waals surface area (Å²) in [6.07, 6.45) is 0.818. The molecule has 0 bridgehead atoms.